The third-order valence-corrected chi connectivity index (χ3v) is 2.42. The molecule has 0 heterocycles. The molecule has 2 nitrogen and oxygen atoms in total. The van der Waals surface area contributed by atoms with Gasteiger partial charge >= 0.3 is 6.18 Å². The van der Waals surface area contributed by atoms with Crippen molar-refractivity contribution in [2.45, 2.75) is 12.7 Å². The Kier molecular flexibility index (Phi) is 3.73. The van der Waals surface area contributed by atoms with Gasteiger partial charge in [-0.05, 0) is 17.7 Å². The Labute approximate surface area is 92.6 Å². The highest BCUT2D eigenvalue weighted by molar-refractivity contribution is 9.10. The molecule has 0 aliphatic rings. The number of hydrogen-bond acceptors (Lipinski definition) is 1. The fourth-order valence-electron chi connectivity index (χ4n) is 1.06. The molecule has 1 rings (SSSR count). The molecule has 0 spiro atoms. The number of alkyl halides is 3. The van der Waals surface area contributed by atoms with Crippen molar-refractivity contribution < 1.29 is 18.0 Å². The highest BCUT2D eigenvalue weighted by Crippen LogP contribution is 2.35. The molecule has 0 fully saturated rings. The molecule has 0 unspecified atom stereocenters. The molecular weight excluding hydrogens is 275 g/mol. The Morgan fingerprint density at radius 1 is 1.40 bits per heavy atom. The maximum Gasteiger partial charge on any atom is 0.417 e. The summed E-state index contributed by atoms with van der Waals surface area (Å²) in [4.78, 5) is 9.98. The van der Waals surface area contributed by atoms with Gasteiger partial charge in [0.05, 0.1) is 5.56 Å². The molecule has 1 aromatic rings. The monoisotopic (exact) mass is 281 g/mol. The van der Waals surface area contributed by atoms with Gasteiger partial charge in [-0.2, -0.15) is 13.2 Å². The van der Waals surface area contributed by atoms with E-state index in [4.69, 9.17) is 0 Å². The van der Waals surface area contributed by atoms with Gasteiger partial charge in [0, 0.05) is 11.0 Å². The second-order valence-corrected chi connectivity index (χ2v) is 3.67. The van der Waals surface area contributed by atoms with Crippen molar-refractivity contribution in [2.75, 3.05) is 0 Å². The summed E-state index contributed by atoms with van der Waals surface area (Å²) in [5.74, 6) is 0. The number of benzene rings is 1. The molecule has 0 radical (unpaired) electrons. The van der Waals surface area contributed by atoms with Crippen LogP contribution in [0.25, 0.3) is 0 Å². The molecule has 0 saturated heterocycles. The van der Waals surface area contributed by atoms with Crippen LogP contribution in [0.4, 0.5) is 13.2 Å². The van der Waals surface area contributed by atoms with Gasteiger partial charge in [0.2, 0.25) is 6.41 Å². The second-order valence-electron chi connectivity index (χ2n) is 2.81. The highest BCUT2D eigenvalue weighted by Gasteiger charge is 2.32. The Morgan fingerprint density at radius 2 is 2.07 bits per heavy atom. The molecule has 0 saturated carbocycles. The minimum atomic E-state index is -4.39. The van der Waals surface area contributed by atoms with Crippen LogP contribution in [0.2, 0.25) is 0 Å². The molecule has 0 aliphatic carbocycles. The molecule has 1 aromatic carbocycles. The number of hydrogen-bond donors (Lipinski definition) is 1. The zero-order valence-corrected chi connectivity index (χ0v) is 9.02. The number of nitrogens with one attached hydrogen (secondary N) is 1. The van der Waals surface area contributed by atoms with Gasteiger partial charge in [0.1, 0.15) is 0 Å². The first-order valence-corrected chi connectivity index (χ1v) is 4.77. The molecular formula is C9H7BrF3NO. The molecule has 0 atom stereocenters. The number of carbonyl (C=O) groups excluding carboxylic acids is 1. The van der Waals surface area contributed by atoms with Gasteiger partial charge in [-0.25, -0.2) is 0 Å². The number of carbonyl (C=O) groups is 1. The van der Waals surface area contributed by atoms with Gasteiger partial charge in [0.25, 0.3) is 0 Å². The number of rotatable bonds is 3. The average Bonchev–Trinajstić information content (AvgIpc) is 2.15. The van der Waals surface area contributed by atoms with E-state index in [-0.39, 0.29) is 11.0 Å². The highest BCUT2D eigenvalue weighted by atomic mass is 79.9. The van der Waals surface area contributed by atoms with Crippen LogP contribution in [0, 0.1) is 0 Å². The lowest BCUT2D eigenvalue weighted by atomic mass is 10.1. The number of halogens is 4. The molecule has 15 heavy (non-hydrogen) atoms. The summed E-state index contributed by atoms with van der Waals surface area (Å²) in [7, 11) is 0. The second kappa shape index (κ2) is 4.65. The number of amides is 1. The maximum absolute atomic E-state index is 12.4. The quantitative estimate of drug-likeness (QED) is 0.848. The van der Waals surface area contributed by atoms with Crippen molar-refractivity contribution in [3.63, 3.8) is 0 Å². The van der Waals surface area contributed by atoms with E-state index in [1.165, 1.54) is 12.1 Å². The zero-order chi connectivity index (χ0) is 11.5. The van der Waals surface area contributed by atoms with Gasteiger partial charge in [-0.3, -0.25) is 4.79 Å². The SMILES string of the molecule is O=CNCc1ccc(Br)c(C(F)(F)F)c1. The maximum atomic E-state index is 12.4. The third-order valence-electron chi connectivity index (χ3n) is 1.73. The summed E-state index contributed by atoms with van der Waals surface area (Å²) in [6, 6.07) is 3.82. The van der Waals surface area contributed by atoms with Crippen LogP contribution in [0.3, 0.4) is 0 Å². The Morgan fingerprint density at radius 3 is 2.60 bits per heavy atom. The summed E-state index contributed by atoms with van der Waals surface area (Å²) < 4.78 is 37.3. The van der Waals surface area contributed by atoms with Crippen LogP contribution < -0.4 is 5.32 Å². The summed E-state index contributed by atoms with van der Waals surface area (Å²) >= 11 is 2.82. The predicted octanol–water partition coefficient (Wildman–Crippen LogP) is 2.71. The van der Waals surface area contributed by atoms with Gasteiger partial charge in [-0.15, -0.1) is 0 Å². The van der Waals surface area contributed by atoms with E-state index in [0.29, 0.717) is 12.0 Å². The van der Waals surface area contributed by atoms with Crippen molar-refractivity contribution in [1.29, 1.82) is 0 Å². The lowest BCUT2D eigenvalue weighted by Crippen LogP contribution is -2.12. The summed E-state index contributed by atoms with van der Waals surface area (Å²) in [5, 5.41) is 2.30. The van der Waals surface area contributed by atoms with E-state index < -0.39 is 11.7 Å². The minimum absolute atomic E-state index is 0.00940. The van der Waals surface area contributed by atoms with Gasteiger partial charge in [0.15, 0.2) is 0 Å². The van der Waals surface area contributed by atoms with Crippen LogP contribution in [-0.4, -0.2) is 6.41 Å². The molecule has 1 amide bonds. The lowest BCUT2D eigenvalue weighted by molar-refractivity contribution is -0.138. The largest absolute Gasteiger partial charge is 0.417 e. The van der Waals surface area contributed by atoms with E-state index in [1.54, 1.807) is 0 Å². The first-order chi connectivity index (χ1) is 6.95. The first kappa shape index (κ1) is 12.0. The molecule has 6 heteroatoms. The van der Waals surface area contributed by atoms with Crippen LogP contribution in [0.15, 0.2) is 22.7 Å². The Hall–Kier alpha value is -1.04. The van der Waals surface area contributed by atoms with Crippen LogP contribution in [0.1, 0.15) is 11.1 Å². The van der Waals surface area contributed by atoms with Crippen LogP contribution >= 0.6 is 15.9 Å². The smallest absolute Gasteiger partial charge is 0.355 e. The molecule has 0 aliphatic heterocycles. The molecule has 0 aromatic heterocycles. The van der Waals surface area contributed by atoms with Crippen molar-refractivity contribution in [1.82, 2.24) is 5.32 Å². The average molecular weight is 282 g/mol. The van der Waals surface area contributed by atoms with Crippen LogP contribution in [-0.2, 0) is 17.5 Å². The standard InChI is InChI=1S/C9H7BrF3NO/c10-8-2-1-6(4-14-5-15)3-7(8)9(11,12)13/h1-3,5H,4H2,(H,14,15). The first-order valence-electron chi connectivity index (χ1n) is 3.98. The predicted molar refractivity (Wildman–Crippen MR) is 52.0 cm³/mol. The molecule has 82 valence electrons. The van der Waals surface area contributed by atoms with Crippen molar-refractivity contribution >= 4 is 22.3 Å². The fraction of sp³-hybridized carbons (Fsp3) is 0.222. The zero-order valence-electron chi connectivity index (χ0n) is 7.44. The summed E-state index contributed by atoms with van der Waals surface area (Å²) in [5.41, 5.74) is -0.342. The van der Waals surface area contributed by atoms with Gasteiger partial charge < -0.3 is 5.32 Å². The van der Waals surface area contributed by atoms with Gasteiger partial charge in [-0.1, -0.05) is 22.0 Å². The van der Waals surface area contributed by atoms with Crippen molar-refractivity contribution in [3.05, 3.63) is 33.8 Å². The normalized spacial score (nSPS) is 11.2. The third kappa shape index (κ3) is 3.23. The summed E-state index contributed by atoms with van der Waals surface area (Å²) in [6.45, 7) is 0.0832. The van der Waals surface area contributed by atoms with E-state index in [0.717, 1.165) is 6.07 Å². The van der Waals surface area contributed by atoms with E-state index in [1.807, 2.05) is 0 Å². The Bertz CT molecular complexity index is 365. The molecule has 1 N–H and O–H groups in total. The van der Waals surface area contributed by atoms with E-state index in [2.05, 4.69) is 21.2 Å². The fourth-order valence-corrected chi connectivity index (χ4v) is 1.53. The summed E-state index contributed by atoms with van der Waals surface area (Å²) in [6.07, 6.45) is -3.95. The molecule has 0 bridgehead atoms. The Balaban J connectivity index is 3.00. The van der Waals surface area contributed by atoms with Crippen LogP contribution in [0.5, 0.6) is 0 Å². The topological polar surface area (TPSA) is 29.1 Å². The van der Waals surface area contributed by atoms with Crippen molar-refractivity contribution in [2.24, 2.45) is 0 Å². The minimum Gasteiger partial charge on any atom is -0.355 e. The lowest BCUT2D eigenvalue weighted by Gasteiger charge is -2.10. The van der Waals surface area contributed by atoms with E-state index in [9.17, 15) is 18.0 Å². The van der Waals surface area contributed by atoms with E-state index >= 15 is 0 Å². The van der Waals surface area contributed by atoms with Crippen molar-refractivity contribution in [3.8, 4) is 0 Å².